The Morgan fingerprint density at radius 2 is 2.10 bits per heavy atom. The van der Waals surface area contributed by atoms with Crippen LogP contribution in [0.1, 0.15) is 13.3 Å². The van der Waals surface area contributed by atoms with Crippen molar-refractivity contribution in [3.05, 3.63) is 30.1 Å². The molecule has 1 aromatic rings. The number of carboxylic acids is 1. The number of carboxylic acid groups (broad SMARTS) is 1. The number of rotatable bonds is 9. The molecule has 0 heterocycles. The van der Waals surface area contributed by atoms with E-state index in [4.69, 9.17) is 9.84 Å². The van der Waals surface area contributed by atoms with Crippen molar-refractivity contribution in [2.24, 2.45) is 0 Å². The van der Waals surface area contributed by atoms with Gasteiger partial charge >= 0.3 is 5.97 Å². The molecule has 0 aliphatic rings. The number of para-hydroxylation sites is 1. The van der Waals surface area contributed by atoms with Crippen LogP contribution in [-0.4, -0.2) is 41.1 Å². The standard InChI is InChI=1S/C14H18FNO4S/c1-10(17)16-12(14(18)19)6-8-21-9-7-20-13-5-3-2-4-11(13)15/h2-5,12H,6-9H2,1H3,(H,16,17)(H,18,19). The number of carbonyl (C=O) groups is 2. The smallest absolute Gasteiger partial charge is 0.326 e. The van der Waals surface area contributed by atoms with E-state index in [1.165, 1.54) is 24.8 Å². The van der Waals surface area contributed by atoms with Crippen LogP contribution in [0.15, 0.2) is 24.3 Å². The minimum Gasteiger partial charge on any atom is -0.490 e. The van der Waals surface area contributed by atoms with Crippen LogP contribution in [0.2, 0.25) is 0 Å². The molecule has 0 aromatic heterocycles. The van der Waals surface area contributed by atoms with Gasteiger partial charge in [0.2, 0.25) is 5.91 Å². The molecule has 0 bridgehead atoms. The summed E-state index contributed by atoms with van der Waals surface area (Å²) in [7, 11) is 0. The first kappa shape index (κ1) is 17.3. The maximum absolute atomic E-state index is 13.2. The molecule has 21 heavy (non-hydrogen) atoms. The molecule has 0 spiro atoms. The molecule has 7 heteroatoms. The first-order valence-corrected chi connectivity index (χ1v) is 7.61. The van der Waals surface area contributed by atoms with Gasteiger partial charge in [-0.25, -0.2) is 9.18 Å². The molecular formula is C14H18FNO4S. The fourth-order valence-corrected chi connectivity index (χ4v) is 2.39. The molecule has 2 N–H and O–H groups in total. The summed E-state index contributed by atoms with van der Waals surface area (Å²) in [5.74, 6) is -0.430. The largest absolute Gasteiger partial charge is 0.490 e. The quantitative estimate of drug-likeness (QED) is 0.681. The summed E-state index contributed by atoms with van der Waals surface area (Å²) in [6.07, 6.45) is 0.333. The van der Waals surface area contributed by atoms with Gasteiger partial charge in [-0.3, -0.25) is 4.79 Å². The Kier molecular flexibility index (Phi) is 7.60. The molecule has 0 radical (unpaired) electrons. The number of nitrogens with one attached hydrogen (secondary N) is 1. The summed E-state index contributed by atoms with van der Waals surface area (Å²) in [4.78, 5) is 21.7. The van der Waals surface area contributed by atoms with Gasteiger partial charge in [-0.1, -0.05) is 12.1 Å². The molecule has 1 amide bonds. The normalized spacial score (nSPS) is 11.7. The lowest BCUT2D eigenvalue weighted by Crippen LogP contribution is -2.39. The van der Waals surface area contributed by atoms with E-state index in [1.54, 1.807) is 18.2 Å². The maximum atomic E-state index is 13.2. The molecule has 1 atom stereocenters. The van der Waals surface area contributed by atoms with Gasteiger partial charge in [-0.05, 0) is 24.3 Å². The number of ether oxygens (including phenoxy) is 1. The number of thioether (sulfide) groups is 1. The van der Waals surface area contributed by atoms with E-state index in [9.17, 15) is 14.0 Å². The minimum atomic E-state index is -1.05. The van der Waals surface area contributed by atoms with Gasteiger partial charge < -0.3 is 15.2 Å². The Bertz CT molecular complexity index is 484. The lowest BCUT2D eigenvalue weighted by Gasteiger charge is -2.12. The van der Waals surface area contributed by atoms with Gasteiger partial charge in [-0.2, -0.15) is 11.8 Å². The second-order valence-electron chi connectivity index (χ2n) is 4.27. The zero-order chi connectivity index (χ0) is 15.7. The van der Waals surface area contributed by atoms with Crippen molar-refractivity contribution in [3.63, 3.8) is 0 Å². The van der Waals surface area contributed by atoms with Crippen molar-refractivity contribution in [3.8, 4) is 5.75 Å². The minimum absolute atomic E-state index is 0.208. The fraction of sp³-hybridized carbons (Fsp3) is 0.429. The Labute approximate surface area is 126 Å². The van der Waals surface area contributed by atoms with Gasteiger partial charge in [0.1, 0.15) is 6.04 Å². The molecule has 0 saturated heterocycles. The maximum Gasteiger partial charge on any atom is 0.326 e. The van der Waals surface area contributed by atoms with E-state index in [2.05, 4.69) is 5.32 Å². The van der Waals surface area contributed by atoms with E-state index in [0.717, 1.165) is 0 Å². The summed E-state index contributed by atoms with van der Waals surface area (Å²) in [6, 6.07) is 5.29. The molecule has 0 aliphatic carbocycles. The first-order valence-electron chi connectivity index (χ1n) is 6.45. The molecule has 0 fully saturated rings. The molecule has 0 saturated carbocycles. The third-order valence-electron chi connectivity index (χ3n) is 2.55. The monoisotopic (exact) mass is 315 g/mol. The summed E-state index contributed by atoms with van der Waals surface area (Å²) in [5, 5.41) is 11.3. The highest BCUT2D eigenvalue weighted by Gasteiger charge is 2.17. The number of amides is 1. The Hall–Kier alpha value is -1.76. The average Bonchev–Trinajstić information content (AvgIpc) is 2.42. The highest BCUT2D eigenvalue weighted by Crippen LogP contribution is 2.15. The number of benzene rings is 1. The third-order valence-corrected chi connectivity index (χ3v) is 3.53. The zero-order valence-corrected chi connectivity index (χ0v) is 12.5. The van der Waals surface area contributed by atoms with E-state index in [0.29, 0.717) is 24.5 Å². The van der Waals surface area contributed by atoms with Crippen molar-refractivity contribution in [2.75, 3.05) is 18.1 Å². The Balaban J connectivity index is 2.18. The number of aliphatic carboxylic acids is 1. The Morgan fingerprint density at radius 3 is 2.71 bits per heavy atom. The lowest BCUT2D eigenvalue weighted by molar-refractivity contribution is -0.141. The van der Waals surface area contributed by atoms with Crippen LogP contribution in [0.3, 0.4) is 0 Å². The second kappa shape index (κ2) is 9.23. The van der Waals surface area contributed by atoms with Crippen molar-refractivity contribution in [2.45, 2.75) is 19.4 Å². The van der Waals surface area contributed by atoms with E-state index in [-0.39, 0.29) is 11.7 Å². The van der Waals surface area contributed by atoms with Crippen LogP contribution in [-0.2, 0) is 9.59 Å². The Morgan fingerprint density at radius 1 is 1.38 bits per heavy atom. The van der Waals surface area contributed by atoms with Gasteiger partial charge in [0, 0.05) is 12.7 Å². The number of hydrogen-bond donors (Lipinski definition) is 2. The topological polar surface area (TPSA) is 75.6 Å². The van der Waals surface area contributed by atoms with Crippen LogP contribution in [0.4, 0.5) is 4.39 Å². The molecule has 1 rings (SSSR count). The summed E-state index contributed by atoms with van der Waals surface area (Å²) < 4.78 is 18.5. The first-order chi connectivity index (χ1) is 10.0. The van der Waals surface area contributed by atoms with E-state index in [1.807, 2.05) is 0 Å². The lowest BCUT2D eigenvalue weighted by atomic mass is 10.2. The zero-order valence-electron chi connectivity index (χ0n) is 11.7. The molecular weight excluding hydrogens is 297 g/mol. The van der Waals surface area contributed by atoms with Crippen molar-refractivity contribution >= 4 is 23.6 Å². The van der Waals surface area contributed by atoms with Crippen LogP contribution in [0, 0.1) is 5.82 Å². The van der Waals surface area contributed by atoms with Crippen LogP contribution >= 0.6 is 11.8 Å². The highest BCUT2D eigenvalue weighted by molar-refractivity contribution is 7.99. The van der Waals surface area contributed by atoms with Crippen LogP contribution in [0.5, 0.6) is 5.75 Å². The summed E-state index contributed by atoms with van der Waals surface area (Å²) in [5.41, 5.74) is 0. The predicted octanol–water partition coefficient (Wildman–Crippen LogP) is 1.92. The highest BCUT2D eigenvalue weighted by atomic mass is 32.2. The fourth-order valence-electron chi connectivity index (χ4n) is 1.58. The number of carbonyl (C=O) groups excluding carboxylic acids is 1. The summed E-state index contributed by atoms with van der Waals surface area (Å²) in [6.45, 7) is 1.62. The molecule has 0 aliphatic heterocycles. The van der Waals surface area contributed by atoms with Gasteiger partial charge in [0.25, 0.3) is 0 Å². The van der Waals surface area contributed by atoms with Crippen molar-refractivity contribution in [1.82, 2.24) is 5.32 Å². The van der Waals surface area contributed by atoms with Gasteiger partial charge in [0.05, 0.1) is 6.61 Å². The van der Waals surface area contributed by atoms with Crippen LogP contribution in [0.25, 0.3) is 0 Å². The number of halogens is 1. The predicted molar refractivity (Wildman–Crippen MR) is 79.1 cm³/mol. The molecule has 1 unspecified atom stereocenters. The number of hydrogen-bond acceptors (Lipinski definition) is 4. The average molecular weight is 315 g/mol. The molecule has 5 nitrogen and oxygen atoms in total. The van der Waals surface area contributed by atoms with E-state index < -0.39 is 17.8 Å². The molecule has 1 aromatic carbocycles. The van der Waals surface area contributed by atoms with Gasteiger partial charge in [0.15, 0.2) is 11.6 Å². The summed E-state index contributed by atoms with van der Waals surface area (Å²) >= 11 is 1.49. The van der Waals surface area contributed by atoms with E-state index >= 15 is 0 Å². The third kappa shape index (κ3) is 6.99. The SMILES string of the molecule is CC(=O)NC(CCSCCOc1ccccc1F)C(=O)O. The van der Waals surface area contributed by atoms with Crippen molar-refractivity contribution in [1.29, 1.82) is 0 Å². The molecule has 116 valence electrons. The second-order valence-corrected chi connectivity index (χ2v) is 5.50. The van der Waals surface area contributed by atoms with Crippen LogP contribution < -0.4 is 10.1 Å². The van der Waals surface area contributed by atoms with Crippen molar-refractivity contribution < 1.29 is 23.8 Å². The van der Waals surface area contributed by atoms with Gasteiger partial charge in [-0.15, -0.1) is 0 Å².